The predicted molar refractivity (Wildman–Crippen MR) is 90.7 cm³/mol. The van der Waals surface area contributed by atoms with Crippen LogP contribution in [0.25, 0.3) is 0 Å². The van der Waals surface area contributed by atoms with Crippen LogP contribution in [0, 0.1) is 13.8 Å². The first kappa shape index (κ1) is 17.4. The molecular formula is C18H29N3O3. The van der Waals surface area contributed by atoms with Gasteiger partial charge < -0.3 is 19.1 Å². The molecule has 2 fully saturated rings. The smallest absolute Gasteiger partial charge is 0.223 e. The Morgan fingerprint density at radius 1 is 1.25 bits per heavy atom. The number of aryl methyl sites for hydroxylation is 2. The minimum Gasteiger partial charge on any atom is -0.383 e. The fraction of sp³-hybridized carbons (Fsp3) is 0.778. The van der Waals surface area contributed by atoms with Crippen molar-refractivity contribution in [2.75, 3.05) is 33.4 Å². The van der Waals surface area contributed by atoms with Crippen molar-refractivity contribution in [3.8, 4) is 0 Å². The van der Waals surface area contributed by atoms with Crippen molar-refractivity contribution in [3.05, 3.63) is 17.0 Å². The van der Waals surface area contributed by atoms with E-state index in [-0.39, 0.29) is 11.4 Å². The van der Waals surface area contributed by atoms with Crippen LogP contribution in [-0.2, 0) is 16.1 Å². The summed E-state index contributed by atoms with van der Waals surface area (Å²) in [6.45, 7) is 8.41. The summed E-state index contributed by atoms with van der Waals surface area (Å²) in [4.78, 5) is 17.2. The number of hydrogen-bond acceptors (Lipinski definition) is 5. The Labute approximate surface area is 144 Å². The lowest BCUT2D eigenvalue weighted by Gasteiger charge is -2.38. The van der Waals surface area contributed by atoms with Gasteiger partial charge in [0, 0.05) is 37.7 Å². The van der Waals surface area contributed by atoms with Crippen LogP contribution in [0.4, 0.5) is 0 Å². The number of carbonyl (C=O) groups is 1. The zero-order valence-electron chi connectivity index (χ0n) is 15.1. The molecule has 0 radical (unpaired) electrons. The van der Waals surface area contributed by atoms with E-state index in [2.05, 4.69) is 15.0 Å². The zero-order chi connectivity index (χ0) is 17.2. The van der Waals surface area contributed by atoms with Gasteiger partial charge in [0.2, 0.25) is 5.91 Å². The minimum atomic E-state index is 0.00898. The van der Waals surface area contributed by atoms with Crippen molar-refractivity contribution in [3.63, 3.8) is 0 Å². The fourth-order valence-electron chi connectivity index (χ4n) is 4.21. The third kappa shape index (κ3) is 3.35. The summed E-state index contributed by atoms with van der Waals surface area (Å²) in [5.74, 6) is 1.11. The monoisotopic (exact) mass is 335 g/mol. The molecule has 0 bridgehead atoms. The molecule has 0 unspecified atom stereocenters. The van der Waals surface area contributed by atoms with Crippen LogP contribution in [0.1, 0.15) is 49.1 Å². The van der Waals surface area contributed by atoms with Gasteiger partial charge in [0.1, 0.15) is 5.76 Å². The molecule has 2 saturated heterocycles. The Balaban J connectivity index is 1.74. The van der Waals surface area contributed by atoms with E-state index >= 15 is 0 Å². The number of carbonyl (C=O) groups excluding carboxylic acids is 1. The average molecular weight is 335 g/mol. The van der Waals surface area contributed by atoms with E-state index in [9.17, 15) is 4.79 Å². The van der Waals surface area contributed by atoms with E-state index in [1.807, 2.05) is 13.8 Å². The topological polar surface area (TPSA) is 58.8 Å². The summed E-state index contributed by atoms with van der Waals surface area (Å²) in [5, 5.41) is 4.05. The van der Waals surface area contributed by atoms with Gasteiger partial charge in [0.05, 0.1) is 18.8 Å². The maximum Gasteiger partial charge on any atom is 0.223 e. The van der Waals surface area contributed by atoms with Crippen LogP contribution in [0.5, 0.6) is 0 Å². The third-order valence-corrected chi connectivity index (χ3v) is 5.80. The maximum atomic E-state index is 12.6. The van der Waals surface area contributed by atoms with Crippen molar-refractivity contribution >= 4 is 5.91 Å². The van der Waals surface area contributed by atoms with Gasteiger partial charge in [-0.3, -0.25) is 4.79 Å². The Kier molecular flexibility index (Phi) is 5.25. The quantitative estimate of drug-likeness (QED) is 0.826. The molecule has 0 saturated carbocycles. The molecule has 1 atom stereocenters. The van der Waals surface area contributed by atoms with E-state index in [4.69, 9.17) is 9.26 Å². The van der Waals surface area contributed by atoms with Crippen molar-refractivity contribution in [2.24, 2.45) is 0 Å². The van der Waals surface area contributed by atoms with Gasteiger partial charge in [0.25, 0.3) is 0 Å². The number of rotatable bonds is 5. The SMILES string of the molecule is COCCN1CCC[C@@]2(CCC(=O)N2Cc2c(C)noc2C)CC1. The highest BCUT2D eigenvalue weighted by molar-refractivity contribution is 5.79. The normalized spacial score (nSPS) is 25.6. The van der Waals surface area contributed by atoms with Gasteiger partial charge in [-0.2, -0.15) is 0 Å². The summed E-state index contributed by atoms with van der Waals surface area (Å²) in [5.41, 5.74) is 1.98. The van der Waals surface area contributed by atoms with E-state index in [1.54, 1.807) is 7.11 Å². The van der Waals surface area contributed by atoms with E-state index in [1.165, 1.54) is 0 Å². The third-order valence-electron chi connectivity index (χ3n) is 5.80. The molecule has 6 nitrogen and oxygen atoms in total. The van der Waals surface area contributed by atoms with Crippen molar-refractivity contribution < 1.29 is 14.1 Å². The van der Waals surface area contributed by atoms with Gasteiger partial charge in [-0.1, -0.05) is 5.16 Å². The molecule has 1 spiro atoms. The van der Waals surface area contributed by atoms with E-state index in [0.29, 0.717) is 13.0 Å². The summed E-state index contributed by atoms with van der Waals surface area (Å²) < 4.78 is 10.5. The Bertz CT molecular complexity index is 567. The number of nitrogens with zero attached hydrogens (tertiary/aromatic N) is 3. The molecule has 2 aliphatic heterocycles. The highest BCUT2D eigenvalue weighted by Gasteiger charge is 2.45. The molecule has 6 heteroatoms. The van der Waals surface area contributed by atoms with Crippen LogP contribution in [0.2, 0.25) is 0 Å². The van der Waals surface area contributed by atoms with Gasteiger partial charge in [-0.25, -0.2) is 0 Å². The van der Waals surface area contributed by atoms with Crippen molar-refractivity contribution in [1.82, 2.24) is 15.0 Å². The van der Waals surface area contributed by atoms with Crippen LogP contribution in [-0.4, -0.2) is 59.8 Å². The average Bonchev–Trinajstić information content (AvgIpc) is 2.95. The van der Waals surface area contributed by atoms with Crippen LogP contribution < -0.4 is 0 Å². The minimum absolute atomic E-state index is 0.00898. The first-order valence-electron chi connectivity index (χ1n) is 8.99. The van der Waals surface area contributed by atoms with E-state index in [0.717, 1.165) is 68.9 Å². The molecule has 0 N–H and O–H groups in total. The van der Waals surface area contributed by atoms with Gasteiger partial charge in [0.15, 0.2) is 0 Å². The zero-order valence-corrected chi connectivity index (χ0v) is 15.1. The second-order valence-corrected chi connectivity index (χ2v) is 7.19. The molecule has 3 rings (SSSR count). The Hall–Kier alpha value is -1.40. The number of ether oxygens (including phenoxy) is 1. The predicted octanol–water partition coefficient (Wildman–Crippen LogP) is 2.28. The van der Waals surface area contributed by atoms with Gasteiger partial charge in [-0.15, -0.1) is 0 Å². The first-order chi connectivity index (χ1) is 11.6. The van der Waals surface area contributed by atoms with Crippen LogP contribution in [0.3, 0.4) is 0 Å². The Morgan fingerprint density at radius 2 is 2.08 bits per heavy atom. The maximum absolute atomic E-state index is 12.6. The molecule has 3 heterocycles. The second kappa shape index (κ2) is 7.23. The highest BCUT2D eigenvalue weighted by Crippen LogP contribution is 2.40. The molecule has 0 aliphatic carbocycles. The lowest BCUT2D eigenvalue weighted by atomic mass is 9.87. The number of methoxy groups -OCH3 is 1. The second-order valence-electron chi connectivity index (χ2n) is 7.19. The number of likely N-dealkylation sites (tertiary alicyclic amines) is 2. The summed E-state index contributed by atoms with van der Waals surface area (Å²) in [7, 11) is 1.75. The standard InChI is InChI=1S/C18H29N3O3/c1-14-16(15(2)24-19-14)13-21-17(22)5-7-18(21)6-4-9-20(10-8-18)11-12-23-3/h4-13H2,1-3H3/t18-/m1/s1. The summed E-state index contributed by atoms with van der Waals surface area (Å²) >= 11 is 0. The summed E-state index contributed by atoms with van der Waals surface area (Å²) in [6.07, 6.45) is 4.92. The van der Waals surface area contributed by atoms with E-state index < -0.39 is 0 Å². The molecule has 0 aromatic carbocycles. The lowest BCUT2D eigenvalue weighted by molar-refractivity contribution is -0.132. The highest BCUT2D eigenvalue weighted by atomic mass is 16.5. The van der Waals surface area contributed by atoms with Crippen molar-refractivity contribution in [2.45, 2.75) is 58.0 Å². The molecule has 24 heavy (non-hydrogen) atoms. The van der Waals surface area contributed by atoms with Crippen LogP contribution in [0.15, 0.2) is 4.52 Å². The van der Waals surface area contributed by atoms with Gasteiger partial charge in [-0.05, 0) is 46.1 Å². The molecule has 1 amide bonds. The molecule has 134 valence electrons. The van der Waals surface area contributed by atoms with Crippen LogP contribution >= 0.6 is 0 Å². The number of aromatic nitrogens is 1. The fourth-order valence-corrected chi connectivity index (χ4v) is 4.21. The first-order valence-corrected chi connectivity index (χ1v) is 8.99. The van der Waals surface area contributed by atoms with Crippen molar-refractivity contribution in [1.29, 1.82) is 0 Å². The molecule has 2 aliphatic rings. The summed E-state index contributed by atoms with van der Waals surface area (Å²) in [6, 6.07) is 0. The lowest BCUT2D eigenvalue weighted by Crippen LogP contribution is -2.46. The van der Waals surface area contributed by atoms with Gasteiger partial charge >= 0.3 is 0 Å². The largest absolute Gasteiger partial charge is 0.383 e. The Morgan fingerprint density at radius 3 is 2.79 bits per heavy atom. The molecule has 1 aromatic heterocycles. The molecule has 1 aromatic rings. The number of amides is 1. The molecular weight excluding hydrogens is 306 g/mol. The number of hydrogen-bond donors (Lipinski definition) is 0.